The Morgan fingerprint density at radius 1 is 0.974 bits per heavy atom. The van der Waals surface area contributed by atoms with Gasteiger partial charge in [-0.15, -0.1) is 12.4 Å². The molecular formula is C28H30ClN3O6S. The smallest absolute Gasteiger partial charge is 0.268 e. The number of aromatic nitrogens is 1. The third-order valence-electron chi connectivity index (χ3n) is 5.98. The molecule has 1 atom stereocenters. The van der Waals surface area contributed by atoms with Crippen molar-refractivity contribution in [3.8, 4) is 44.6 Å². The molecule has 4 rings (SSSR count). The highest BCUT2D eigenvalue weighted by Crippen LogP contribution is 2.44. The molecule has 0 aliphatic carbocycles. The Hall–Kier alpha value is -3.83. The number of hydrogen-bond acceptors (Lipinski definition) is 9. The van der Waals surface area contributed by atoms with Gasteiger partial charge < -0.3 is 25.1 Å². The molecule has 1 heterocycles. The van der Waals surface area contributed by atoms with Gasteiger partial charge in [0.25, 0.3) is 5.91 Å². The Morgan fingerprint density at radius 2 is 1.64 bits per heavy atom. The van der Waals surface area contributed by atoms with E-state index in [1.807, 2.05) is 30.3 Å². The average Bonchev–Trinajstić information content (AvgIpc) is 3.44. The van der Waals surface area contributed by atoms with Crippen molar-refractivity contribution in [1.82, 2.24) is 4.37 Å². The van der Waals surface area contributed by atoms with Crippen LogP contribution in [-0.2, 0) is 16.1 Å². The molecule has 0 spiro atoms. The maximum atomic E-state index is 13.2. The molecule has 0 aliphatic rings. The number of phenols is 1. The van der Waals surface area contributed by atoms with Gasteiger partial charge in [-0.2, -0.15) is 9.44 Å². The van der Waals surface area contributed by atoms with Crippen molar-refractivity contribution < 1.29 is 28.9 Å². The highest BCUT2D eigenvalue weighted by atomic mass is 35.5. The summed E-state index contributed by atoms with van der Waals surface area (Å²) in [7, 11) is 6.12. The molecule has 9 nitrogen and oxygen atoms in total. The number of rotatable bonds is 10. The lowest BCUT2D eigenvalue weighted by molar-refractivity contribution is -0.126. The number of aromatic hydroxyl groups is 1. The average molecular weight is 572 g/mol. The van der Waals surface area contributed by atoms with Crippen LogP contribution in [0.25, 0.3) is 21.6 Å². The molecule has 3 aromatic carbocycles. The fraction of sp³-hybridized carbons (Fsp3) is 0.214. The molecule has 11 heteroatoms. The lowest BCUT2D eigenvalue weighted by Gasteiger charge is -2.23. The quantitative estimate of drug-likeness (QED) is 0.253. The Kier molecular flexibility index (Phi) is 10.1. The zero-order chi connectivity index (χ0) is 27.2. The first-order chi connectivity index (χ1) is 18.4. The van der Waals surface area contributed by atoms with Crippen LogP contribution in [0.4, 0.5) is 5.69 Å². The number of hydroxylamine groups is 1. The number of amides is 1. The van der Waals surface area contributed by atoms with Gasteiger partial charge in [-0.1, -0.05) is 24.3 Å². The Labute approximate surface area is 237 Å². The number of phenolic OH excluding ortho intramolecular Hbond substituents is 1. The van der Waals surface area contributed by atoms with E-state index >= 15 is 0 Å². The summed E-state index contributed by atoms with van der Waals surface area (Å²) >= 11 is 1.33. The van der Waals surface area contributed by atoms with Gasteiger partial charge in [0.2, 0.25) is 5.75 Å². The van der Waals surface area contributed by atoms with E-state index in [0.717, 1.165) is 27.1 Å². The van der Waals surface area contributed by atoms with Crippen molar-refractivity contribution in [3.63, 3.8) is 0 Å². The van der Waals surface area contributed by atoms with Gasteiger partial charge in [0, 0.05) is 17.3 Å². The van der Waals surface area contributed by atoms with Crippen LogP contribution in [0.1, 0.15) is 5.56 Å². The van der Waals surface area contributed by atoms with Gasteiger partial charge in [-0.3, -0.25) is 9.63 Å². The van der Waals surface area contributed by atoms with Gasteiger partial charge >= 0.3 is 0 Å². The molecule has 0 bridgehead atoms. The van der Waals surface area contributed by atoms with Gasteiger partial charge in [0.15, 0.2) is 11.5 Å². The lowest BCUT2D eigenvalue weighted by Crippen LogP contribution is -2.44. The van der Waals surface area contributed by atoms with Crippen molar-refractivity contribution in [3.05, 3.63) is 72.4 Å². The minimum absolute atomic E-state index is 0. The second-order valence-corrected chi connectivity index (χ2v) is 9.13. The highest BCUT2D eigenvalue weighted by Gasteiger charge is 2.24. The molecule has 1 aromatic heterocycles. The number of anilines is 1. The summed E-state index contributed by atoms with van der Waals surface area (Å²) in [5, 5.41) is 10.7. The van der Waals surface area contributed by atoms with Crippen molar-refractivity contribution in [2.24, 2.45) is 5.73 Å². The number of carbonyl (C=O) groups excluding carboxylic acids is 1. The molecule has 3 N–H and O–H groups in total. The van der Waals surface area contributed by atoms with E-state index in [0.29, 0.717) is 29.4 Å². The van der Waals surface area contributed by atoms with Gasteiger partial charge in [-0.25, -0.2) is 0 Å². The van der Waals surface area contributed by atoms with E-state index in [-0.39, 0.29) is 18.2 Å². The molecule has 1 amide bonds. The summed E-state index contributed by atoms with van der Waals surface area (Å²) in [6, 6.07) is 16.9. The summed E-state index contributed by atoms with van der Waals surface area (Å²) in [5.74, 6) is 1.33. The van der Waals surface area contributed by atoms with Crippen LogP contribution in [-0.4, -0.2) is 49.9 Å². The van der Waals surface area contributed by atoms with Crippen LogP contribution in [0.15, 0.2) is 66.9 Å². The number of nitrogens with zero attached hydrogens (tertiary/aromatic N) is 2. The van der Waals surface area contributed by atoms with Crippen LogP contribution in [0.2, 0.25) is 0 Å². The minimum atomic E-state index is -0.847. The molecule has 206 valence electrons. The first-order valence-electron chi connectivity index (χ1n) is 11.7. The van der Waals surface area contributed by atoms with Gasteiger partial charge in [0.1, 0.15) is 5.75 Å². The normalized spacial score (nSPS) is 11.3. The molecule has 39 heavy (non-hydrogen) atoms. The number of halogens is 1. The molecule has 0 saturated carbocycles. The number of benzene rings is 3. The van der Waals surface area contributed by atoms with Crippen LogP contribution < -0.4 is 25.0 Å². The number of methoxy groups -OCH3 is 3. The predicted octanol–water partition coefficient (Wildman–Crippen LogP) is 5.09. The topological polar surface area (TPSA) is 116 Å². The molecule has 0 radical (unpaired) electrons. The maximum Gasteiger partial charge on any atom is 0.268 e. The van der Waals surface area contributed by atoms with E-state index in [1.54, 1.807) is 57.9 Å². The molecule has 1 unspecified atom stereocenters. The standard InChI is InChI=1S/C28H29N3O6S.ClH/c1-34-24-14-19(15-25(35-2)26(24)36-3)27-22(16-30-38-27)18-6-5-7-20(13-18)31(37-4)28(33)23(29)12-17-8-10-21(32)11-9-17;/h5-11,13-16,23,32H,12,29H2,1-4H3;1H. The largest absolute Gasteiger partial charge is 0.508 e. The van der Waals surface area contributed by atoms with E-state index < -0.39 is 11.9 Å². The summed E-state index contributed by atoms with van der Waals surface area (Å²) in [4.78, 5) is 19.6. The fourth-order valence-corrected chi connectivity index (χ4v) is 4.87. The number of ether oxygens (including phenoxy) is 3. The van der Waals surface area contributed by atoms with Gasteiger partial charge in [0.05, 0.1) is 45.0 Å². The van der Waals surface area contributed by atoms with Gasteiger partial charge in [-0.05, 0) is 65.5 Å². The SMILES string of the molecule is COc1cc(-c2sncc2-c2cccc(N(OC)C(=O)C(N)Cc3ccc(O)cc3)c2)cc(OC)c1OC.Cl. The summed E-state index contributed by atoms with van der Waals surface area (Å²) in [6.07, 6.45) is 2.07. The van der Waals surface area contributed by atoms with Crippen LogP contribution in [0.3, 0.4) is 0 Å². The maximum absolute atomic E-state index is 13.2. The van der Waals surface area contributed by atoms with Crippen molar-refractivity contribution in [2.75, 3.05) is 33.5 Å². The second kappa shape index (κ2) is 13.3. The Balaban J connectivity index is 0.00000420. The van der Waals surface area contributed by atoms with Crippen LogP contribution in [0.5, 0.6) is 23.0 Å². The summed E-state index contributed by atoms with van der Waals surface area (Å²) in [6.45, 7) is 0. The Bertz CT molecular complexity index is 1390. The van der Waals surface area contributed by atoms with E-state index in [9.17, 15) is 9.90 Å². The summed E-state index contributed by atoms with van der Waals surface area (Å²) < 4.78 is 20.9. The van der Waals surface area contributed by atoms with E-state index in [1.165, 1.54) is 23.7 Å². The highest BCUT2D eigenvalue weighted by molar-refractivity contribution is 7.10. The monoisotopic (exact) mass is 571 g/mol. The fourth-order valence-electron chi connectivity index (χ4n) is 4.11. The third-order valence-corrected chi connectivity index (χ3v) is 6.83. The minimum Gasteiger partial charge on any atom is -0.508 e. The molecule has 0 fully saturated rings. The molecule has 0 saturated heterocycles. The van der Waals surface area contributed by atoms with Crippen molar-refractivity contribution in [2.45, 2.75) is 12.5 Å². The first kappa shape index (κ1) is 29.7. The van der Waals surface area contributed by atoms with Crippen molar-refractivity contribution in [1.29, 1.82) is 0 Å². The molecule has 4 aromatic rings. The van der Waals surface area contributed by atoms with Crippen LogP contribution >= 0.6 is 23.9 Å². The zero-order valence-electron chi connectivity index (χ0n) is 21.9. The number of nitrogens with two attached hydrogens (primary N) is 1. The molecule has 0 aliphatic heterocycles. The Morgan fingerprint density at radius 3 is 2.23 bits per heavy atom. The predicted molar refractivity (Wildman–Crippen MR) is 154 cm³/mol. The van der Waals surface area contributed by atoms with E-state index in [2.05, 4.69) is 4.37 Å². The number of hydrogen-bond donors (Lipinski definition) is 2. The van der Waals surface area contributed by atoms with Crippen LogP contribution in [0, 0.1) is 0 Å². The first-order valence-corrected chi connectivity index (χ1v) is 12.4. The van der Waals surface area contributed by atoms with Crippen molar-refractivity contribution >= 4 is 35.5 Å². The third kappa shape index (κ3) is 6.43. The second-order valence-electron chi connectivity index (χ2n) is 8.33. The number of carbonyl (C=O) groups is 1. The molecular weight excluding hydrogens is 542 g/mol. The summed E-state index contributed by atoms with van der Waals surface area (Å²) in [5.41, 5.74) is 10.1. The zero-order valence-corrected chi connectivity index (χ0v) is 23.5. The van der Waals surface area contributed by atoms with E-state index in [4.69, 9.17) is 24.8 Å². The lowest BCUT2D eigenvalue weighted by atomic mass is 10.0.